The van der Waals surface area contributed by atoms with Crippen LogP contribution in [0.15, 0.2) is 48.8 Å². The summed E-state index contributed by atoms with van der Waals surface area (Å²) in [6.07, 6.45) is 1.53. The van der Waals surface area contributed by atoms with Crippen molar-refractivity contribution in [3.63, 3.8) is 0 Å². The molecule has 5 nitrogen and oxygen atoms in total. The number of para-hydroxylation sites is 1. The van der Waals surface area contributed by atoms with Gasteiger partial charge in [-0.05, 0) is 36.8 Å². The predicted molar refractivity (Wildman–Crippen MR) is 99.7 cm³/mol. The maximum Gasteiger partial charge on any atom is 0.221 e. The second-order valence-corrected chi connectivity index (χ2v) is 5.08. The van der Waals surface area contributed by atoms with Gasteiger partial charge in [0.05, 0.1) is 5.52 Å². The summed E-state index contributed by atoms with van der Waals surface area (Å²) in [6, 6.07) is 13.7. The fourth-order valence-electron chi connectivity index (χ4n) is 2.29. The minimum absolute atomic E-state index is 0.100. The molecule has 0 bridgehead atoms. The largest absolute Gasteiger partial charge is 0.340 e. The maximum atomic E-state index is 11.3. The normalized spacial score (nSPS) is 9.83. The number of nitrogens with zero attached hydrogens (tertiary/aromatic N) is 2. The lowest BCUT2D eigenvalue weighted by Crippen LogP contribution is -2.07. The summed E-state index contributed by atoms with van der Waals surface area (Å²) >= 11 is 0. The Morgan fingerprint density at radius 1 is 1.04 bits per heavy atom. The van der Waals surface area contributed by atoms with E-state index >= 15 is 0 Å². The summed E-state index contributed by atoms with van der Waals surface area (Å²) in [5.41, 5.74) is 3.52. The van der Waals surface area contributed by atoms with Gasteiger partial charge in [-0.3, -0.25) is 4.79 Å². The molecule has 0 aliphatic carbocycles. The fraction of sp³-hybridized carbons (Fsp3) is 0.211. The highest BCUT2D eigenvalue weighted by Gasteiger charge is 2.09. The first kappa shape index (κ1) is 17.4. The number of carbonyl (C=O) groups excluding carboxylic acids is 1. The molecule has 0 aliphatic heterocycles. The van der Waals surface area contributed by atoms with Crippen LogP contribution in [0, 0.1) is 6.92 Å². The lowest BCUT2D eigenvalue weighted by molar-refractivity contribution is -0.114. The molecule has 0 spiro atoms. The standard InChI is InChI=1S/C17H16N4O.C2H6/c1-11-8-16-14(9-15(11)20-12(2)22)17(19-10-18-16)21-13-6-4-3-5-7-13;1-2/h3-10H,1-2H3,(H,20,22)(H,18,19,21);1-2H3. The summed E-state index contributed by atoms with van der Waals surface area (Å²) in [5.74, 6) is 0.611. The topological polar surface area (TPSA) is 66.9 Å². The second-order valence-electron chi connectivity index (χ2n) is 5.08. The van der Waals surface area contributed by atoms with Crippen LogP contribution in [0.1, 0.15) is 26.3 Å². The molecule has 0 saturated heterocycles. The Labute approximate surface area is 142 Å². The molecule has 0 unspecified atom stereocenters. The van der Waals surface area contributed by atoms with E-state index in [4.69, 9.17) is 0 Å². The van der Waals surface area contributed by atoms with Gasteiger partial charge in [0.25, 0.3) is 0 Å². The second kappa shape index (κ2) is 8.06. The third-order valence-corrected chi connectivity index (χ3v) is 3.33. The molecule has 124 valence electrons. The third kappa shape index (κ3) is 4.07. The van der Waals surface area contributed by atoms with Crippen LogP contribution in [-0.4, -0.2) is 15.9 Å². The number of hydrogen-bond acceptors (Lipinski definition) is 4. The van der Waals surface area contributed by atoms with Gasteiger partial charge >= 0.3 is 0 Å². The molecule has 0 aliphatic rings. The van der Waals surface area contributed by atoms with Gasteiger partial charge in [-0.15, -0.1) is 0 Å². The molecule has 0 fully saturated rings. The molecule has 24 heavy (non-hydrogen) atoms. The van der Waals surface area contributed by atoms with Gasteiger partial charge < -0.3 is 10.6 Å². The highest BCUT2D eigenvalue weighted by Crippen LogP contribution is 2.28. The number of benzene rings is 2. The molecule has 2 aromatic carbocycles. The quantitative estimate of drug-likeness (QED) is 0.735. The lowest BCUT2D eigenvalue weighted by Gasteiger charge is -2.12. The number of nitrogens with one attached hydrogen (secondary N) is 2. The molecule has 1 aromatic heterocycles. The van der Waals surface area contributed by atoms with Gasteiger partial charge in [0.15, 0.2) is 0 Å². The van der Waals surface area contributed by atoms with Crippen molar-refractivity contribution in [2.24, 2.45) is 0 Å². The monoisotopic (exact) mass is 322 g/mol. The number of anilines is 3. The van der Waals surface area contributed by atoms with Crippen LogP contribution in [0.3, 0.4) is 0 Å². The number of fused-ring (bicyclic) bond motifs is 1. The van der Waals surface area contributed by atoms with E-state index in [1.165, 1.54) is 13.3 Å². The fourth-order valence-corrected chi connectivity index (χ4v) is 2.29. The van der Waals surface area contributed by atoms with Crippen LogP contribution in [0.25, 0.3) is 10.9 Å². The van der Waals surface area contributed by atoms with E-state index in [0.29, 0.717) is 5.82 Å². The number of rotatable bonds is 3. The number of aryl methyl sites for hydroxylation is 1. The molecule has 1 heterocycles. The molecular formula is C19H22N4O. The van der Waals surface area contributed by atoms with E-state index < -0.39 is 0 Å². The van der Waals surface area contributed by atoms with Crippen LogP contribution in [-0.2, 0) is 4.79 Å². The van der Waals surface area contributed by atoms with Gasteiger partial charge in [0.1, 0.15) is 12.1 Å². The minimum atomic E-state index is -0.100. The Hall–Kier alpha value is -2.95. The summed E-state index contributed by atoms with van der Waals surface area (Å²) in [5, 5.41) is 6.98. The molecule has 0 radical (unpaired) electrons. The van der Waals surface area contributed by atoms with E-state index in [0.717, 1.165) is 27.8 Å². The number of hydrogen-bond donors (Lipinski definition) is 2. The number of carbonyl (C=O) groups is 1. The van der Waals surface area contributed by atoms with Crippen molar-refractivity contribution in [1.29, 1.82) is 0 Å². The Morgan fingerprint density at radius 3 is 2.42 bits per heavy atom. The highest BCUT2D eigenvalue weighted by atomic mass is 16.1. The first-order valence-corrected chi connectivity index (χ1v) is 7.98. The Kier molecular flexibility index (Phi) is 5.84. The van der Waals surface area contributed by atoms with Crippen LogP contribution < -0.4 is 10.6 Å². The van der Waals surface area contributed by atoms with Crippen molar-refractivity contribution in [3.05, 3.63) is 54.4 Å². The van der Waals surface area contributed by atoms with Crippen LogP contribution >= 0.6 is 0 Å². The van der Waals surface area contributed by atoms with Crippen molar-refractivity contribution >= 4 is 34.0 Å². The summed E-state index contributed by atoms with van der Waals surface area (Å²) in [7, 11) is 0. The summed E-state index contributed by atoms with van der Waals surface area (Å²) in [4.78, 5) is 19.9. The third-order valence-electron chi connectivity index (χ3n) is 3.33. The molecule has 2 N–H and O–H groups in total. The van der Waals surface area contributed by atoms with Gasteiger partial charge in [-0.25, -0.2) is 9.97 Å². The van der Waals surface area contributed by atoms with Crippen LogP contribution in [0.4, 0.5) is 17.2 Å². The Bertz CT molecular complexity index is 831. The van der Waals surface area contributed by atoms with Crippen molar-refractivity contribution in [2.75, 3.05) is 10.6 Å². The zero-order valence-corrected chi connectivity index (χ0v) is 14.4. The predicted octanol–water partition coefficient (Wildman–Crippen LogP) is 4.67. The van der Waals surface area contributed by atoms with Crippen molar-refractivity contribution in [1.82, 2.24) is 9.97 Å². The number of aromatic nitrogens is 2. The van der Waals surface area contributed by atoms with Crippen molar-refractivity contribution in [2.45, 2.75) is 27.7 Å². The molecule has 0 saturated carbocycles. The zero-order valence-electron chi connectivity index (χ0n) is 14.4. The smallest absolute Gasteiger partial charge is 0.221 e. The SMILES string of the molecule is CC.CC(=O)Nc1cc2c(Nc3ccccc3)ncnc2cc1C. The van der Waals surface area contributed by atoms with E-state index in [9.17, 15) is 4.79 Å². The first-order chi connectivity index (χ1) is 11.6. The molecule has 0 atom stereocenters. The van der Waals surface area contributed by atoms with E-state index in [-0.39, 0.29) is 5.91 Å². The lowest BCUT2D eigenvalue weighted by atomic mass is 10.1. The first-order valence-electron chi connectivity index (χ1n) is 7.98. The number of amides is 1. The van der Waals surface area contributed by atoms with Crippen LogP contribution in [0.2, 0.25) is 0 Å². The molecular weight excluding hydrogens is 300 g/mol. The van der Waals surface area contributed by atoms with E-state index in [1.807, 2.05) is 63.2 Å². The van der Waals surface area contributed by atoms with Gasteiger partial charge in [0, 0.05) is 23.7 Å². The van der Waals surface area contributed by atoms with Gasteiger partial charge in [-0.2, -0.15) is 0 Å². The minimum Gasteiger partial charge on any atom is -0.340 e. The average Bonchev–Trinajstić information content (AvgIpc) is 2.58. The maximum absolute atomic E-state index is 11.3. The Morgan fingerprint density at radius 2 is 1.75 bits per heavy atom. The van der Waals surface area contributed by atoms with Crippen molar-refractivity contribution < 1.29 is 4.79 Å². The van der Waals surface area contributed by atoms with E-state index in [2.05, 4.69) is 20.6 Å². The zero-order chi connectivity index (χ0) is 17.5. The van der Waals surface area contributed by atoms with E-state index in [1.54, 1.807) is 0 Å². The summed E-state index contributed by atoms with van der Waals surface area (Å²) in [6.45, 7) is 7.44. The van der Waals surface area contributed by atoms with Gasteiger partial charge in [0.2, 0.25) is 5.91 Å². The summed E-state index contributed by atoms with van der Waals surface area (Å²) < 4.78 is 0. The van der Waals surface area contributed by atoms with Gasteiger partial charge in [-0.1, -0.05) is 32.0 Å². The van der Waals surface area contributed by atoms with Crippen LogP contribution in [0.5, 0.6) is 0 Å². The molecule has 3 aromatic rings. The molecule has 5 heteroatoms. The van der Waals surface area contributed by atoms with Crippen molar-refractivity contribution in [3.8, 4) is 0 Å². The average molecular weight is 322 g/mol. The molecule has 1 amide bonds. The highest BCUT2D eigenvalue weighted by molar-refractivity contribution is 5.97. The molecule has 3 rings (SSSR count). The Balaban J connectivity index is 0.00000100.